The van der Waals surface area contributed by atoms with E-state index in [0.29, 0.717) is 11.5 Å². The number of halogens is 1. The Labute approximate surface area is 136 Å². The number of hydrogen-bond donors (Lipinski definition) is 0. The Bertz CT molecular complexity index is 971. The maximum Gasteiger partial charge on any atom is 0.261 e. The predicted octanol–water partition coefficient (Wildman–Crippen LogP) is 4.00. The summed E-state index contributed by atoms with van der Waals surface area (Å²) in [4.78, 5) is 12.7. The van der Waals surface area contributed by atoms with Gasteiger partial charge in [-0.25, -0.2) is 4.39 Å². The van der Waals surface area contributed by atoms with Gasteiger partial charge in [0.15, 0.2) is 0 Å². The second kappa shape index (κ2) is 6.00. The summed E-state index contributed by atoms with van der Waals surface area (Å²) in [6.45, 7) is 0. The average molecular weight is 318 g/mol. The van der Waals surface area contributed by atoms with Gasteiger partial charge in [0.1, 0.15) is 11.5 Å². The van der Waals surface area contributed by atoms with Crippen LogP contribution in [-0.2, 0) is 0 Å². The number of hydrogen-bond acceptors (Lipinski definition) is 5. The number of aromatic nitrogens is 4. The van der Waals surface area contributed by atoms with E-state index in [1.54, 1.807) is 36.7 Å². The van der Waals surface area contributed by atoms with Gasteiger partial charge in [-0.05, 0) is 42.5 Å². The van der Waals surface area contributed by atoms with Crippen LogP contribution in [0.25, 0.3) is 34.2 Å². The summed E-state index contributed by atoms with van der Waals surface area (Å²) in [5.74, 6) is -0.0231. The Morgan fingerprint density at radius 3 is 2.29 bits per heavy atom. The summed E-state index contributed by atoms with van der Waals surface area (Å²) in [5, 5.41) is 3.88. The van der Waals surface area contributed by atoms with Crippen molar-refractivity contribution in [3.63, 3.8) is 0 Å². The molecule has 0 aliphatic carbocycles. The fraction of sp³-hybridized carbons (Fsp3) is 0. The summed E-state index contributed by atoms with van der Waals surface area (Å²) >= 11 is 0. The molecule has 3 aromatic heterocycles. The highest BCUT2D eigenvalue weighted by Crippen LogP contribution is 2.28. The van der Waals surface area contributed by atoms with E-state index in [9.17, 15) is 4.39 Å². The molecule has 0 aliphatic heterocycles. The third-order valence-electron chi connectivity index (χ3n) is 3.48. The van der Waals surface area contributed by atoms with E-state index < -0.39 is 5.82 Å². The highest BCUT2D eigenvalue weighted by molar-refractivity contribution is 5.68. The van der Waals surface area contributed by atoms with Gasteiger partial charge in [0.2, 0.25) is 5.82 Å². The van der Waals surface area contributed by atoms with Gasteiger partial charge < -0.3 is 4.52 Å². The standard InChI is InChI=1S/C18H11FN4O/c19-14-8-7-12(15-5-1-3-9-20-15)11-13(14)18-22-17(23-24-18)16-6-2-4-10-21-16/h1-11H. The number of pyridine rings is 2. The van der Waals surface area contributed by atoms with Gasteiger partial charge in [0, 0.05) is 18.0 Å². The largest absolute Gasteiger partial charge is 0.333 e. The average Bonchev–Trinajstić information content (AvgIpc) is 3.13. The van der Waals surface area contributed by atoms with Crippen molar-refractivity contribution in [3.8, 4) is 34.2 Å². The molecule has 0 amide bonds. The zero-order valence-corrected chi connectivity index (χ0v) is 12.4. The van der Waals surface area contributed by atoms with Crippen LogP contribution in [0.4, 0.5) is 4.39 Å². The zero-order chi connectivity index (χ0) is 16.4. The van der Waals surface area contributed by atoms with Gasteiger partial charge >= 0.3 is 0 Å². The molecular formula is C18H11FN4O. The van der Waals surface area contributed by atoms with Crippen molar-refractivity contribution < 1.29 is 8.91 Å². The third kappa shape index (κ3) is 2.65. The van der Waals surface area contributed by atoms with Crippen LogP contribution >= 0.6 is 0 Å². The Morgan fingerprint density at radius 1 is 0.833 bits per heavy atom. The first-order valence-corrected chi connectivity index (χ1v) is 7.28. The summed E-state index contributed by atoms with van der Waals surface area (Å²) in [5.41, 5.74) is 2.30. The molecule has 1 aromatic carbocycles. The molecule has 4 aromatic rings. The van der Waals surface area contributed by atoms with Gasteiger partial charge in [-0.2, -0.15) is 4.98 Å². The zero-order valence-electron chi connectivity index (χ0n) is 12.4. The summed E-state index contributed by atoms with van der Waals surface area (Å²) < 4.78 is 19.4. The molecule has 0 unspecified atom stereocenters. The van der Waals surface area contributed by atoms with Crippen molar-refractivity contribution in [2.75, 3.05) is 0 Å². The first kappa shape index (κ1) is 14.2. The van der Waals surface area contributed by atoms with Crippen LogP contribution in [0.15, 0.2) is 71.5 Å². The SMILES string of the molecule is Fc1ccc(-c2ccccn2)cc1-c1nc(-c2ccccn2)no1. The van der Waals surface area contributed by atoms with Crippen molar-refractivity contribution in [2.24, 2.45) is 0 Å². The van der Waals surface area contributed by atoms with Gasteiger partial charge in [-0.15, -0.1) is 0 Å². The van der Waals surface area contributed by atoms with Crippen molar-refractivity contribution >= 4 is 0 Å². The summed E-state index contributed by atoms with van der Waals surface area (Å²) in [7, 11) is 0. The lowest BCUT2D eigenvalue weighted by Crippen LogP contribution is -1.89. The molecule has 116 valence electrons. The molecule has 0 spiro atoms. The smallest absolute Gasteiger partial charge is 0.261 e. The minimum Gasteiger partial charge on any atom is -0.333 e. The topological polar surface area (TPSA) is 64.7 Å². The van der Waals surface area contributed by atoms with Crippen LogP contribution < -0.4 is 0 Å². The fourth-order valence-electron chi connectivity index (χ4n) is 2.31. The van der Waals surface area contributed by atoms with Crippen LogP contribution in [0.2, 0.25) is 0 Å². The molecule has 0 saturated carbocycles. The third-order valence-corrected chi connectivity index (χ3v) is 3.48. The molecule has 24 heavy (non-hydrogen) atoms. The molecular weight excluding hydrogens is 307 g/mol. The Kier molecular flexibility index (Phi) is 3.55. The van der Waals surface area contributed by atoms with Crippen LogP contribution in [-0.4, -0.2) is 20.1 Å². The van der Waals surface area contributed by atoms with Crippen molar-refractivity contribution in [1.82, 2.24) is 20.1 Å². The van der Waals surface area contributed by atoms with E-state index >= 15 is 0 Å². The Hall–Kier alpha value is -3.41. The van der Waals surface area contributed by atoms with Crippen molar-refractivity contribution in [3.05, 3.63) is 72.8 Å². The quantitative estimate of drug-likeness (QED) is 0.571. The van der Waals surface area contributed by atoms with Crippen molar-refractivity contribution in [1.29, 1.82) is 0 Å². The molecule has 5 nitrogen and oxygen atoms in total. The van der Waals surface area contributed by atoms with E-state index in [2.05, 4.69) is 20.1 Å². The Balaban J connectivity index is 1.76. The predicted molar refractivity (Wildman–Crippen MR) is 86.2 cm³/mol. The number of benzene rings is 1. The normalized spacial score (nSPS) is 10.7. The minimum absolute atomic E-state index is 0.103. The molecule has 0 aliphatic rings. The van der Waals surface area contributed by atoms with Crippen molar-refractivity contribution in [2.45, 2.75) is 0 Å². The molecule has 0 saturated heterocycles. The lowest BCUT2D eigenvalue weighted by Gasteiger charge is -2.03. The fourth-order valence-corrected chi connectivity index (χ4v) is 2.31. The molecule has 0 atom stereocenters. The van der Waals surface area contributed by atoms with Crippen LogP contribution in [0.5, 0.6) is 0 Å². The van der Waals surface area contributed by atoms with E-state index in [1.807, 2.05) is 24.3 Å². The Morgan fingerprint density at radius 2 is 1.58 bits per heavy atom. The molecule has 6 heteroatoms. The van der Waals surface area contributed by atoms with E-state index in [-0.39, 0.29) is 11.5 Å². The highest BCUT2D eigenvalue weighted by atomic mass is 19.1. The van der Waals surface area contributed by atoms with E-state index in [4.69, 9.17) is 4.52 Å². The van der Waals surface area contributed by atoms with Gasteiger partial charge in [0.25, 0.3) is 5.89 Å². The summed E-state index contributed by atoms with van der Waals surface area (Å²) in [6.07, 6.45) is 3.32. The van der Waals surface area contributed by atoms with Gasteiger partial charge in [0.05, 0.1) is 11.3 Å². The maximum atomic E-state index is 14.2. The van der Waals surface area contributed by atoms with Crippen LogP contribution in [0.1, 0.15) is 0 Å². The molecule has 4 rings (SSSR count). The maximum absolute atomic E-state index is 14.2. The number of rotatable bonds is 3. The number of nitrogens with zero attached hydrogens (tertiary/aromatic N) is 4. The van der Waals surface area contributed by atoms with Crippen LogP contribution in [0, 0.1) is 5.82 Å². The van der Waals surface area contributed by atoms with E-state index in [0.717, 1.165) is 11.3 Å². The second-order valence-corrected chi connectivity index (χ2v) is 5.05. The van der Waals surface area contributed by atoms with E-state index in [1.165, 1.54) is 6.07 Å². The molecule has 0 N–H and O–H groups in total. The van der Waals surface area contributed by atoms with Gasteiger partial charge in [-0.1, -0.05) is 17.3 Å². The monoisotopic (exact) mass is 318 g/mol. The lowest BCUT2D eigenvalue weighted by molar-refractivity contribution is 0.429. The molecule has 0 fully saturated rings. The summed E-state index contributed by atoms with van der Waals surface area (Å²) in [6, 6.07) is 15.6. The molecule has 0 radical (unpaired) electrons. The van der Waals surface area contributed by atoms with Crippen LogP contribution in [0.3, 0.4) is 0 Å². The minimum atomic E-state index is -0.439. The first-order chi connectivity index (χ1) is 11.8. The molecule has 0 bridgehead atoms. The first-order valence-electron chi connectivity index (χ1n) is 7.28. The second-order valence-electron chi connectivity index (χ2n) is 5.05. The molecule has 3 heterocycles. The van der Waals surface area contributed by atoms with Gasteiger partial charge in [-0.3, -0.25) is 9.97 Å². The lowest BCUT2D eigenvalue weighted by atomic mass is 10.1. The highest BCUT2D eigenvalue weighted by Gasteiger charge is 2.16.